The molecule has 0 saturated heterocycles. The van der Waals surface area contributed by atoms with E-state index < -0.39 is 0 Å². The van der Waals surface area contributed by atoms with Gasteiger partial charge in [-0.15, -0.1) is 0 Å². The van der Waals surface area contributed by atoms with Crippen molar-refractivity contribution < 1.29 is 4.52 Å². The molecular weight excluding hydrogens is 204 g/mol. The molecule has 16 heavy (non-hydrogen) atoms. The molecule has 0 unspecified atom stereocenters. The maximum atomic E-state index is 5.18. The molecule has 0 spiro atoms. The molecule has 0 aliphatic rings. The van der Waals surface area contributed by atoms with Gasteiger partial charge in [0.1, 0.15) is 6.04 Å². The third kappa shape index (κ3) is 2.25. The molecule has 2 heterocycles. The summed E-state index contributed by atoms with van der Waals surface area (Å²) in [5.41, 5.74) is 1.02. The van der Waals surface area contributed by atoms with E-state index in [1.165, 1.54) is 0 Å². The second-order valence-electron chi connectivity index (χ2n) is 3.46. The molecule has 1 atom stereocenters. The van der Waals surface area contributed by atoms with Crippen LogP contribution in [0.4, 0.5) is 0 Å². The van der Waals surface area contributed by atoms with E-state index in [4.69, 9.17) is 4.52 Å². The lowest BCUT2D eigenvalue weighted by atomic mass is 10.1. The minimum Gasteiger partial charge on any atom is -0.337 e. The molecule has 0 fully saturated rings. The Morgan fingerprint density at radius 2 is 2.38 bits per heavy atom. The van der Waals surface area contributed by atoms with Crippen LogP contribution in [-0.4, -0.2) is 21.7 Å². The number of hydrogen-bond acceptors (Lipinski definition) is 5. The van der Waals surface area contributed by atoms with E-state index in [-0.39, 0.29) is 6.04 Å². The molecule has 2 rings (SSSR count). The Morgan fingerprint density at radius 1 is 1.50 bits per heavy atom. The number of aryl methyl sites for hydroxylation is 1. The highest BCUT2D eigenvalue weighted by molar-refractivity contribution is 5.19. The van der Waals surface area contributed by atoms with Gasteiger partial charge in [-0.2, -0.15) is 4.98 Å². The van der Waals surface area contributed by atoms with Crippen LogP contribution in [0, 0.1) is 6.92 Å². The van der Waals surface area contributed by atoms with Gasteiger partial charge in [0.05, 0.1) is 0 Å². The van der Waals surface area contributed by atoms with Crippen molar-refractivity contribution in [3.05, 3.63) is 41.8 Å². The lowest BCUT2D eigenvalue weighted by Crippen LogP contribution is -2.22. The molecule has 84 valence electrons. The van der Waals surface area contributed by atoms with Crippen LogP contribution in [0.25, 0.3) is 0 Å². The summed E-state index contributed by atoms with van der Waals surface area (Å²) in [4.78, 5) is 8.33. The van der Waals surface area contributed by atoms with E-state index in [1.54, 1.807) is 19.3 Å². The molecule has 0 aliphatic heterocycles. The van der Waals surface area contributed by atoms with Crippen LogP contribution < -0.4 is 5.32 Å². The molecule has 0 aromatic carbocycles. The van der Waals surface area contributed by atoms with Crippen LogP contribution >= 0.6 is 0 Å². The third-order valence-electron chi connectivity index (χ3n) is 2.22. The number of hydrogen-bond donors (Lipinski definition) is 1. The maximum absolute atomic E-state index is 5.18. The fourth-order valence-corrected chi connectivity index (χ4v) is 1.53. The van der Waals surface area contributed by atoms with Crippen molar-refractivity contribution in [2.24, 2.45) is 0 Å². The number of nitrogens with zero attached hydrogens (tertiary/aromatic N) is 3. The van der Waals surface area contributed by atoms with E-state index in [9.17, 15) is 0 Å². The molecule has 2 aromatic rings. The molecular formula is C11H14N4O. The third-order valence-corrected chi connectivity index (χ3v) is 2.22. The Bertz CT molecular complexity index is 440. The van der Waals surface area contributed by atoms with Gasteiger partial charge < -0.3 is 9.84 Å². The monoisotopic (exact) mass is 218 g/mol. The Kier molecular flexibility index (Phi) is 3.26. The van der Waals surface area contributed by atoms with Crippen molar-refractivity contribution in [2.75, 3.05) is 6.54 Å². The van der Waals surface area contributed by atoms with E-state index in [1.807, 2.05) is 19.1 Å². The van der Waals surface area contributed by atoms with Crippen molar-refractivity contribution in [1.82, 2.24) is 20.4 Å². The molecule has 1 N–H and O–H groups in total. The summed E-state index contributed by atoms with van der Waals surface area (Å²) in [6.45, 7) is 4.66. The second kappa shape index (κ2) is 4.85. The van der Waals surface area contributed by atoms with Crippen LogP contribution in [0.5, 0.6) is 0 Å². The molecule has 0 bridgehead atoms. The fraction of sp³-hybridized carbons (Fsp3) is 0.364. The largest absolute Gasteiger partial charge is 0.337 e. The summed E-state index contributed by atoms with van der Waals surface area (Å²) in [6, 6.07) is 3.79. The molecule has 0 saturated carbocycles. The zero-order chi connectivity index (χ0) is 11.4. The Morgan fingerprint density at radius 3 is 2.94 bits per heavy atom. The van der Waals surface area contributed by atoms with E-state index in [0.29, 0.717) is 11.7 Å². The van der Waals surface area contributed by atoms with Gasteiger partial charge in [-0.3, -0.25) is 4.98 Å². The molecule has 2 aromatic heterocycles. The first kappa shape index (κ1) is 10.8. The molecule has 0 amide bonds. The summed E-state index contributed by atoms with van der Waals surface area (Å²) in [6.07, 6.45) is 3.54. The van der Waals surface area contributed by atoms with Crippen LogP contribution in [0.1, 0.15) is 30.2 Å². The summed E-state index contributed by atoms with van der Waals surface area (Å²) in [5.74, 6) is 1.22. The molecule has 0 aliphatic carbocycles. The summed E-state index contributed by atoms with van der Waals surface area (Å²) < 4.78 is 5.18. The van der Waals surface area contributed by atoms with Gasteiger partial charge in [-0.05, 0) is 25.1 Å². The normalized spacial score (nSPS) is 12.6. The second-order valence-corrected chi connectivity index (χ2v) is 3.46. The average molecular weight is 218 g/mol. The zero-order valence-corrected chi connectivity index (χ0v) is 9.34. The van der Waals surface area contributed by atoms with E-state index >= 15 is 0 Å². The van der Waals surface area contributed by atoms with E-state index in [0.717, 1.165) is 12.1 Å². The van der Waals surface area contributed by atoms with Crippen LogP contribution in [0.15, 0.2) is 29.0 Å². The Labute approximate surface area is 93.9 Å². The van der Waals surface area contributed by atoms with Crippen molar-refractivity contribution in [1.29, 1.82) is 0 Å². The van der Waals surface area contributed by atoms with E-state index in [2.05, 4.69) is 20.4 Å². The highest BCUT2D eigenvalue weighted by Crippen LogP contribution is 2.19. The maximum Gasteiger partial charge on any atom is 0.248 e. The minimum atomic E-state index is -0.0834. The predicted octanol–water partition coefficient (Wildman–Crippen LogP) is 1.47. The average Bonchev–Trinajstić information content (AvgIpc) is 2.74. The highest BCUT2D eigenvalue weighted by Gasteiger charge is 2.19. The SMILES string of the molecule is CCN[C@H](c1cccnc1)c1nc(C)no1. The van der Waals surface area contributed by atoms with Gasteiger partial charge in [0.25, 0.3) is 0 Å². The van der Waals surface area contributed by atoms with Crippen molar-refractivity contribution in [2.45, 2.75) is 19.9 Å². The topological polar surface area (TPSA) is 63.8 Å². The molecule has 0 radical (unpaired) electrons. The smallest absolute Gasteiger partial charge is 0.248 e. The van der Waals surface area contributed by atoms with Crippen LogP contribution in [0.3, 0.4) is 0 Å². The number of aromatic nitrogens is 3. The standard InChI is InChI=1S/C11H14N4O/c1-3-13-10(9-5-4-6-12-7-9)11-14-8(2)15-16-11/h4-7,10,13H,3H2,1-2H3/t10-/m1/s1. The van der Waals surface area contributed by atoms with Gasteiger partial charge in [0, 0.05) is 12.4 Å². The Hall–Kier alpha value is -1.75. The first-order chi connectivity index (χ1) is 7.81. The number of rotatable bonds is 4. The van der Waals surface area contributed by atoms with Gasteiger partial charge in [-0.1, -0.05) is 18.1 Å². The summed E-state index contributed by atoms with van der Waals surface area (Å²) in [7, 11) is 0. The summed E-state index contributed by atoms with van der Waals surface area (Å²) >= 11 is 0. The number of nitrogens with one attached hydrogen (secondary N) is 1. The van der Waals surface area contributed by atoms with Crippen molar-refractivity contribution >= 4 is 0 Å². The van der Waals surface area contributed by atoms with Gasteiger partial charge in [0.15, 0.2) is 5.82 Å². The molecule has 5 heteroatoms. The van der Waals surface area contributed by atoms with Gasteiger partial charge in [-0.25, -0.2) is 0 Å². The predicted molar refractivity (Wildman–Crippen MR) is 58.8 cm³/mol. The highest BCUT2D eigenvalue weighted by atomic mass is 16.5. The molecule has 5 nitrogen and oxygen atoms in total. The van der Waals surface area contributed by atoms with Crippen molar-refractivity contribution in [3.8, 4) is 0 Å². The first-order valence-electron chi connectivity index (χ1n) is 5.24. The number of pyridine rings is 1. The zero-order valence-electron chi connectivity index (χ0n) is 9.34. The fourth-order valence-electron chi connectivity index (χ4n) is 1.53. The van der Waals surface area contributed by atoms with Crippen LogP contribution in [0.2, 0.25) is 0 Å². The summed E-state index contributed by atoms with van der Waals surface area (Å²) in [5, 5.41) is 7.09. The Balaban J connectivity index is 2.31. The van der Waals surface area contributed by atoms with Gasteiger partial charge in [0.2, 0.25) is 5.89 Å². The van der Waals surface area contributed by atoms with Gasteiger partial charge >= 0.3 is 0 Å². The first-order valence-corrected chi connectivity index (χ1v) is 5.24. The van der Waals surface area contributed by atoms with Crippen molar-refractivity contribution in [3.63, 3.8) is 0 Å². The lowest BCUT2D eigenvalue weighted by Gasteiger charge is -2.12. The lowest BCUT2D eigenvalue weighted by molar-refractivity contribution is 0.347. The minimum absolute atomic E-state index is 0.0834. The quantitative estimate of drug-likeness (QED) is 0.842. The van der Waals surface area contributed by atoms with Crippen LogP contribution in [-0.2, 0) is 0 Å².